The molecule has 2 heterocycles. The summed E-state index contributed by atoms with van der Waals surface area (Å²) in [5.41, 5.74) is 3.49. The van der Waals surface area contributed by atoms with Crippen LogP contribution in [0.25, 0.3) is 10.9 Å². The van der Waals surface area contributed by atoms with Crippen molar-refractivity contribution in [3.8, 4) is 0 Å². The number of benzene rings is 2. The molecule has 0 spiro atoms. The number of amides is 1. The Bertz CT molecular complexity index is 869. The number of aromatic nitrogens is 1. The van der Waals surface area contributed by atoms with E-state index in [0.29, 0.717) is 26.3 Å². The summed E-state index contributed by atoms with van der Waals surface area (Å²) in [7, 11) is 0. The third-order valence-electron chi connectivity index (χ3n) is 4.92. The van der Waals surface area contributed by atoms with Gasteiger partial charge in [0.05, 0.1) is 13.2 Å². The molecule has 5 nitrogen and oxygen atoms in total. The first-order chi connectivity index (χ1) is 12.8. The summed E-state index contributed by atoms with van der Waals surface area (Å²) in [5.74, 6) is 0.0753. The predicted molar refractivity (Wildman–Crippen MR) is 102 cm³/mol. The van der Waals surface area contributed by atoms with Crippen molar-refractivity contribution >= 4 is 16.8 Å². The number of morpholine rings is 1. The van der Waals surface area contributed by atoms with E-state index in [4.69, 9.17) is 4.74 Å². The number of carbonyl (C=O) groups is 1. The summed E-state index contributed by atoms with van der Waals surface area (Å²) in [6.45, 7) is 2.34. The average molecular weight is 349 g/mol. The molecule has 3 aromatic rings. The molecule has 4 rings (SSSR count). The molecule has 0 bridgehead atoms. The van der Waals surface area contributed by atoms with Crippen LogP contribution in [-0.4, -0.2) is 43.2 Å². The minimum Gasteiger partial charge on any atom is -0.378 e. The highest BCUT2D eigenvalue weighted by Gasteiger charge is 2.23. The van der Waals surface area contributed by atoms with E-state index in [-0.39, 0.29) is 17.9 Å². The van der Waals surface area contributed by atoms with Gasteiger partial charge in [0.2, 0.25) is 5.91 Å². The molecule has 5 heteroatoms. The van der Waals surface area contributed by atoms with E-state index < -0.39 is 0 Å². The van der Waals surface area contributed by atoms with E-state index in [1.807, 2.05) is 30.3 Å². The first kappa shape index (κ1) is 16.8. The van der Waals surface area contributed by atoms with Crippen LogP contribution in [0.15, 0.2) is 60.8 Å². The maximum atomic E-state index is 12.5. The lowest BCUT2D eigenvalue weighted by Gasteiger charge is -2.24. The van der Waals surface area contributed by atoms with Gasteiger partial charge in [0, 0.05) is 36.1 Å². The van der Waals surface area contributed by atoms with E-state index in [0.717, 1.165) is 5.52 Å². The van der Waals surface area contributed by atoms with Crippen molar-refractivity contribution in [2.75, 3.05) is 26.3 Å². The van der Waals surface area contributed by atoms with Crippen molar-refractivity contribution in [1.82, 2.24) is 15.6 Å². The number of ether oxygens (including phenoxy) is 1. The van der Waals surface area contributed by atoms with Crippen LogP contribution < -0.4 is 10.6 Å². The zero-order valence-electron chi connectivity index (χ0n) is 14.6. The van der Waals surface area contributed by atoms with Crippen LogP contribution in [0.5, 0.6) is 0 Å². The number of H-pyrrole nitrogens is 1. The quantitative estimate of drug-likeness (QED) is 0.663. The van der Waals surface area contributed by atoms with Crippen LogP contribution >= 0.6 is 0 Å². The Labute approximate surface area is 152 Å². The molecule has 2 unspecified atom stereocenters. The van der Waals surface area contributed by atoms with Crippen molar-refractivity contribution in [2.45, 2.75) is 12.0 Å². The minimum absolute atomic E-state index is 0.00882. The van der Waals surface area contributed by atoms with Crippen LogP contribution in [0.2, 0.25) is 0 Å². The molecule has 1 aliphatic heterocycles. The number of nitrogens with one attached hydrogen (secondary N) is 3. The molecule has 0 radical (unpaired) electrons. The average Bonchev–Trinajstić information content (AvgIpc) is 3.14. The van der Waals surface area contributed by atoms with Crippen LogP contribution in [0.1, 0.15) is 17.0 Å². The Balaban J connectivity index is 1.58. The first-order valence-electron chi connectivity index (χ1n) is 9.03. The molecule has 2 atom stereocenters. The molecule has 1 aromatic heterocycles. The Kier molecular flexibility index (Phi) is 5.00. The third kappa shape index (κ3) is 3.49. The Morgan fingerprint density at radius 1 is 1.15 bits per heavy atom. The van der Waals surface area contributed by atoms with Gasteiger partial charge in [0.25, 0.3) is 0 Å². The number of hydrogen-bond acceptors (Lipinski definition) is 3. The van der Waals surface area contributed by atoms with E-state index in [2.05, 4.69) is 46.1 Å². The van der Waals surface area contributed by atoms with E-state index in [9.17, 15) is 4.79 Å². The predicted octanol–water partition coefficient (Wildman–Crippen LogP) is 2.40. The molecule has 1 saturated heterocycles. The second-order valence-corrected chi connectivity index (χ2v) is 6.58. The Hall–Kier alpha value is -2.63. The van der Waals surface area contributed by atoms with Crippen LogP contribution in [-0.2, 0) is 9.53 Å². The number of hydrogen-bond donors (Lipinski definition) is 3. The van der Waals surface area contributed by atoms with Crippen molar-refractivity contribution in [2.24, 2.45) is 0 Å². The second kappa shape index (κ2) is 7.72. The van der Waals surface area contributed by atoms with E-state index in [1.165, 1.54) is 16.5 Å². The zero-order valence-corrected chi connectivity index (χ0v) is 14.6. The molecule has 1 amide bonds. The topological polar surface area (TPSA) is 66.2 Å². The third-order valence-corrected chi connectivity index (χ3v) is 4.92. The summed E-state index contributed by atoms with van der Waals surface area (Å²) >= 11 is 0. The molecule has 3 N–H and O–H groups in total. The highest BCUT2D eigenvalue weighted by atomic mass is 16.5. The maximum absolute atomic E-state index is 12.5. The smallest absolute Gasteiger partial charge is 0.239 e. The van der Waals surface area contributed by atoms with E-state index in [1.54, 1.807) is 0 Å². The fourth-order valence-corrected chi connectivity index (χ4v) is 3.53. The summed E-state index contributed by atoms with van der Waals surface area (Å²) in [5, 5.41) is 7.50. The van der Waals surface area contributed by atoms with Gasteiger partial charge in [-0.2, -0.15) is 0 Å². The van der Waals surface area contributed by atoms with Gasteiger partial charge >= 0.3 is 0 Å². The monoisotopic (exact) mass is 349 g/mol. The molecule has 26 heavy (non-hydrogen) atoms. The molecule has 134 valence electrons. The second-order valence-electron chi connectivity index (χ2n) is 6.58. The molecule has 2 aromatic carbocycles. The van der Waals surface area contributed by atoms with Gasteiger partial charge < -0.3 is 20.4 Å². The van der Waals surface area contributed by atoms with Gasteiger partial charge in [-0.05, 0) is 17.2 Å². The molecule has 1 fully saturated rings. The van der Waals surface area contributed by atoms with Crippen molar-refractivity contribution in [3.63, 3.8) is 0 Å². The summed E-state index contributed by atoms with van der Waals surface area (Å²) in [4.78, 5) is 15.8. The van der Waals surface area contributed by atoms with Gasteiger partial charge in [0.1, 0.15) is 6.04 Å². The number of carbonyl (C=O) groups excluding carboxylic acids is 1. The summed E-state index contributed by atoms with van der Waals surface area (Å²) in [6.07, 6.45) is 2.05. The largest absolute Gasteiger partial charge is 0.378 e. The minimum atomic E-state index is -0.275. The molecule has 1 aliphatic rings. The van der Waals surface area contributed by atoms with Crippen LogP contribution in [0.3, 0.4) is 0 Å². The van der Waals surface area contributed by atoms with Crippen molar-refractivity contribution < 1.29 is 9.53 Å². The SMILES string of the molecule is O=C(NCC(c1ccccc1)c1c[nH]c2ccccc12)C1COCCN1. The first-order valence-corrected chi connectivity index (χ1v) is 9.03. The molecular weight excluding hydrogens is 326 g/mol. The van der Waals surface area contributed by atoms with Crippen molar-refractivity contribution in [3.05, 3.63) is 71.9 Å². The van der Waals surface area contributed by atoms with Crippen molar-refractivity contribution in [1.29, 1.82) is 0 Å². The summed E-state index contributed by atoms with van der Waals surface area (Å²) < 4.78 is 5.40. The zero-order chi connectivity index (χ0) is 17.8. The van der Waals surface area contributed by atoms with Gasteiger partial charge in [-0.15, -0.1) is 0 Å². The fourth-order valence-electron chi connectivity index (χ4n) is 3.53. The summed E-state index contributed by atoms with van der Waals surface area (Å²) in [6, 6.07) is 18.3. The Morgan fingerprint density at radius 2 is 1.96 bits per heavy atom. The number of fused-ring (bicyclic) bond motifs is 1. The molecule has 0 aliphatic carbocycles. The van der Waals surface area contributed by atoms with Gasteiger partial charge in [-0.25, -0.2) is 0 Å². The lowest BCUT2D eigenvalue weighted by atomic mass is 9.91. The van der Waals surface area contributed by atoms with E-state index >= 15 is 0 Å². The molecule has 0 saturated carbocycles. The van der Waals surface area contributed by atoms with Gasteiger partial charge in [0.15, 0.2) is 0 Å². The molecular formula is C21H23N3O2. The standard InChI is InChI=1S/C21H23N3O2/c25-21(20-14-26-11-10-22-20)24-12-17(15-6-2-1-3-7-15)18-13-23-19-9-5-4-8-16(18)19/h1-9,13,17,20,22-23H,10-12,14H2,(H,24,25). The highest BCUT2D eigenvalue weighted by Crippen LogP contribution is 2.30. The highest BCUT2D eigenvalue weighted by molar-refractivity contribution is 5.85. The number of rotatable bonds is 5. The lowest BCUT2D eigenvalue weighted by Crippen LogP contribution is -2.51. The number of aromatic amines is 1. The lowest BCUT2D eigenvalue weighted by molar-refractivity contribution is -0.125. The fraction of sp³-hybridized carbons (Fsp3) is 0.286. The van der Waals surface area contributed by atoms with Crippen LogP contribution in [0, 0.1) is 0 Å². The normalized spacial score (nSPS) is 18.5. The van der Waals surface area contributed by atoms with Gasteiger partial charge in [-0.3, -0.25) is 4.79 Å². The number of para-hydroxylation sites is 1. The van der Waals surface area contributed by atoms with Crippen LogP contribution in [0.4, 0.5) is 0 Å². The van der Waals surface area contributed by atoms with Gasteiger partial charge in [-0.1, -0.05) is 48.5 Å². The maximum Gasteiger partial charge on any atom is 0.239 e. The Morgan fingerprint density at radius 3 is 2.77 bits per heavy atom.